The topological polar surface area (TPSA) is 73.8 Å². The molecule has 2 fully saturated rings. The van der Waals surface area contributed by atoms with Crippen molar-refractivity contribution >= 4 is 17.7 Å². The van der Waals surface area contributed by atoms with Crippen molar-refractivity contribution in [3.63, 3.8) is 0 Å². The van der Waals surface area contributed by atoms with E-state index in [0.29, 0.717) is 39.3 Å². The van der Waals surface area contributed by atoms with Crippen LogP contribution in [0.4, 0.5) is 0 Å². The Bertz CT molecular complexity index is 649. The zero-order valence-electron chi connectivity index (χ0n) is 14.6. The molecule has 2 aliphatic heterocycles. The molecule has 134 valence electrons. The van der Waals surface area contributed by atoms with Crippen LogP contribution in [0.15, 0.2) is 24.5 Å². The van der Waals surface area contributed by atoms with Crippen LogP contribution in [0.3, 0.4) is 0 Å². The highest BCUT2D eigenvalue weighted by molar-refractivity contribution is 5.89. The molecule has 0 aromatic carbocycles. The van der Waals surface area contributed by atoms with Gasteiger partial charge in [0.1, 0.15) is 0 Å². The summed E-state index contributed by atoms with van der Waals surface area (Å²) in [6, 6.07) is 3.77. The summed E-state index contributed by atoms with van der Waals surface area (Å²) in [4.78, 5) is 46.0. The van der Waals surface area contributed by atoms with Gasteiger partial charge in [-0.25, -0.2) is 0 Å². The Balaban J connectivity index is 1.58. The van der Waals surface area contributed by atoms with Gasteiger partial charge in [0, 0.05) is 65.0 Å². The number of carbonyl (C=O) groups excluding carboxylic acids is 3. The molecule has 25 heavy (non-hydrogen) atoms. The van der Waals surface area contributed by atoms with E-state index in [0.717, 1.165) is 12.0 Å². The van der Waals surface area contributed by atoms with Crippen molar-refractivity contribution in [1.29, 1.82) is 0 Å². The average Bonchev–Trinajstić information content (AvgIpc) is 2.82. The van der Waals surface area contributed by atoms with Crippen LogP contribution in [0.1, 0.15) is 25.3 Å². The van der Waals surface area contributed by atoms with Gasteiger partial charge in [-0.2, -0.15) is 0 Å². The molecule has 3 amide bonds. The Hall–Kier alpha value is -2.44. The smallest absolute Gasteiger partial charge is 0.228 e. The van der Waals surface area contributed by atoms with E-state index in [-0.39, 0.29) is 30.1 Å². The number of aromatic nitrogens is 1. The van der Waals surface area contributed by atoms with Crippen molar-refractivity contribution in [3.8, 4) is 0 Å². The Morgan fingerprint density at radius 2 is 1.96 bits per heavy atom. The molecule has 3 rings (SSSR count). The van der Waals surface area contributed by atoms with Gasteiger partial charge in [0.05, 0.1) is 5.92 Å². The summed E-state index contributed by atoms with van der Waals surface area (Å²) in [7, 11) is 0. The minimum absolute atomic E-state index is 0.0161. The normalized spacial score (nSPS) is 21.4. The number of carbonyl (C=O) groups is 3. The highest BCUT2D eigenvalue weighted by Gasteiger charge is 2.36. The molecule has 7 heteroatoms. The lowest BCUT2D eigenvalue weighted by atomic mass is 10.1. The number of likely N-dealkylation sites (tertiary alicyclic amines) is 1. The summed E-state index contributed by atoms with van der Waals surface area (Å²) in [5.41, 5.74) is 0.968. The molecule has 0 bridgehead atoms. The largest absolute Gasteiger partial charge is 0.341 e. The van der Waals surface area contributed by atoms with Gasteiger partial charge < -0.3 is 14.7 Å². The van der Waals surface area contributed by atoms with Crippen LogP contribution in [0.2, 0.25) is 0 Å². The second kappa shape index (κ2) is 7.63. The Kier molecular flexibility index (Phi) is 5.31. The van der Waals surface area contributed by atoms with Gasteiger partial charge in [0.25, 0.3) is 0 Å². The molecule has 1 aromatic rings. The number of nitrogens with zero attached hydrogens (tertiary/aromatic N) is 4. The SMILES string of the molecule is CC(=O)N1CCCN(C(=O)[C@@H]2CC(=O)N(Cc3cccnc3)C2)CC1. The van der Waals surface area contributed by atoms with Gasteiger partial charge in [0.15, 0.2) is 0 Å². The summed E-state index contributed by atoms with van der Waals surface area (Å²) in [6.45, 7) is 4.97. The maximum Gasteiger partial charge on any atom is 0.228 e. The number of hydrogen-bond donors (Lipinski definition) is 0. The third kappa shape index (κ3) is 4.15. The zero-order valence-corrected chi connectivity index (χ0v) is 14.6. The Morgan fingerprint density at radius 3 is 2.68 bits per heavy atom. The quantitative estimate of drug-likeness (QED) is 0.801. The molecule has 3 heterocycles. The van der Waals surface area contributed by atoms with Crippen LogP contribution in [0.5, 0.6) is 0 Å². The maximum atomic E-state index is 12.8. The highest BCUT2D eigenvalue weighted by atomic mass is 16.2. The highest BCUT2D eigenvalue weighted by Crippen LogP contribution is 2.22. The monoisotopic (exact) mass is 344 g/mol. The molecule has 2 aliphatic rings. The van der Waals surface area contributed by atoms with E-state index >= 15 is 0 Å². The first-order valence-corrected chi connectivity index (χ1v) is 8.75. The summed E-state index contributed by atoms with van der Waals surface area (Å²) >= 11 is 0. The first-order valence-electron chi connectivity index (χ1n) is 8.75. The van der Waals surface area contributed by atoms with Crippen LogP contribution in [0.25, 0.3) is 0 Å². The molecular weight excluding hydrogens is 320 g/mol. The molecular formula is C18H24N4O3. The van der Waals surface area contributed by atoms with Gasteiger partial charge in [-0.05, 0) is 18.1 Å². The van der Waals surface area contributed by atoms with Crippen LogP contribution >= 0.6 is 0 Å². The van der Waals surface area contributed by atoms with E-state index in [1.807, 2.05) is 17.0 Å². The molecule has 0 unspecified atom stereocenters. The van der Waals surface area contributed by atoms with E-state index in [1.165, 1.54) is 0 Å². The van der Waals surface area contributed by atoms with Crippen molar-refractivity contribution in [2.75, 3.05) is 32.7 Å². The van der Waals surface area contributed by atoms with Crippen molar-refractivity contribution in [1.82, 2.24) is 19.7 Å². The third-order valence-corrected chi connectivity index (χ3v) is 4.91. The zero-order chi connectivity index (χ0) is 17.8. The van der Waals surface area contributed by atoms with Crippen LogP contribution in [0, 0.1) is 5.92 Å². The van der Waals surface area contributed by atoms with E-state index < -0.39 is 0 Å². The molecule has 1 atom stereocenters. The number of hydrogen-bond acceptors (Lipinski definition) is 4. The van der Waals surface area contributed by atoms with E-state index in [9.17, 15) is 14.4 Å². The second-order valence-electron chi connectivity index (χ2n) is 6.72. The van der Waals surface area contributed by atoms with Crippen LogP contribution in [-0.2, 0) is 20.9 Å². The van der Waals surface area contributed by atoms with Crippen molar-refractivity contribution in [3.05, 3.63) is 30.1 Å². The predicted octanol–water partition coefficient (Wildman–Crippen LogP) is 0.511. The molecule has 0 radical (unpaired) electrons. The lowest BCUT2D eigenvalue weighted by Crippen LogP contribution is -2.40. The first-order chi connectivity index (χ1) is 12.0. The van der Waals surface area contributed by atoms with Crippen molar-refractivity contribution < 1.29 is 14.4 Å². The fraction of sp³-hybridized carbons (Fsp3) is 0.556. The predicted molar refractivity (Wildman–Crippen MR) is 91.2 cm³/mol. The molecule has 0 spiro atoms. The van der Waals surface area contributed by atoms with Crippen LogP contribution < -0.4 is 0 Å². The minimum atomic E-state index is -0.284. The summed E-state index contributed by atoms with van der Waals surface area (Å²) in [5.74, 6) is -0.184. The maximum absolute atomic E-state index is 12.8. The summed E-state index contributed by atoms with van der Waals surface area (Å²) < 4.78 is 0. The number of rotatable bonds is 3. The third-order valence-electron chi connectivity index (χ3n) is 4.91. The van der Waals surface area contributed by atoms with Crippen LogP contribution in [-0.4, -0.2) is 70.1 Å². The fourth-order valence-electron chi connectivity index (χ4n) is 3.51. The van der Waals surface area contributed by atoms with Crippen molar-refractivity contribution in [2.45, 2.75) is 26.3 Å². The van der Waals surface area contributed by atoms with Gasteiger partial charge in [0.2, 0.25) is 17.7 Å². The molecule has 0 saturated carbocycles. The lowest BCUT2D eigenvalue weighted by Gasteiger charge is -2.24. The Labute approximate surface area is 147 Å². The average molecular weight is 344 g/mol. The molecule has 0 N–H and O–H groups in total. The number of amides is 3. The second-order valence-corrected chi connectivity index (χ2v) is 6.72. The van der Waals surface area contributed by atoms with Crippen molar-refractivity contribution in [2.24, 2.45) is 5.92 Å². The Morgan fingerprint density at radius 1 is 1.20 bits per heavy atom. The first kappa shape index (κ1) is 17.4. The van der Waals surface area contributed by atoms with Gasteiger partial charge in [-0.1, -0.05) is 6.07 Å². The van der Waals surface area contributed by atoms with E-state index in [1.54, 1.807) is 29.1 Å². The number of pyridine rings is 1. The molecule has 7 nitrogen and oxygen atoms in total. The lowest BCUT2D eigenvalue weighted by molar-refractivity contribution is -0.136. The minimum Gasteiger partial charge on any atom is -0.341 e. The fourth-order valence-corrected chi connectivity index (χ4v) is 3.51. The van der Waals surface area contributed by atoms with Gasteiger partial charge in [-0.3, -0.25) is 19.4 Å². The molecule has 1 aromatic heterocycles. The molecule has 2 saturated heterocycles. The summed E-state index contributed by atoms with van der Waals surface area (Å²) in [6.07, 6.45) is 4.50. The molecule has 0 aliphatic carbocycles. The van der Waals surface area contributed by atoms with E-state index in [4.69, 9.17) is 0 Å². The van der Waals surface area contributed by atoms with E-state index in [2.05, 4.69) is 4.98 Å². The summed E-state index contributed by atoms with van der Waals surface area (Å²) in [5, 5.41) is 0. The van der Waals surface area contributed by atoms with Gasteiger partial charge >= 0.3 is 0 Å². The van der Waals surface area contributed by atoms with Gasteiger partial charge in [-0.15, -0.1) is 0 Å². The standard InChI is InChI=1S/C18H24N4O3/c1-14(23)20-6-3-7-21(9-8-20)18(25)16-10-17(24)22(13-16)12-15-4-2-5-19-11-15/h2,4-5,11,16H,3,6-10,12-13H2,1H3/t16-/m1/s1.